The van der Waals surface area contributed by atoms with Crippen LogP contribution in [-0.2, 0) is 9.53 Å². The first-order chi connectivity index (χ1) is 16.0. The number of rotatable bonds is 8. The van der Waals surface area contributed by atoms with Crippen molar-refractivity contribution in [2.24, 2.45) is 0 Å². The number of hydrogen-bond acceptors (Lipinski definition) is 3. The number of esters is 1. The van der Waals surface area contributed by atoms with Gasteiger partial charge in [-0.1, -0.05) is 62.4 Å². The highest BCUT2D eigenvalue weighted by Gasteiger charge is 2.21. The zero-order valence-corrected chi connectivity index (χ0v) is 20.4. The normalized spacial score (nSPS) is 10.6. The number of carbonyl (C=O) groups is 1. The molecule has 1 unspecified atom stereocenters. The third-order valence-electron chi connectivity index (χ3n) is 4.79. The van der Waals surface area contributed by atoms with Gasteiger partial charge in [-0.05, 0) is 25.5 Å². The van der Waals surface area contributed by atoms with Crippen LogP contribution in [0, 0.1) is 29.5 Å². The van der Waals surface area contributed by atoms with Crippen LogP contribution < -0.4 is 0 Å². The Morgan fingerprint density at radius 3 is 1.94 bits per heavy atom. The SMILES string of the molecule is CCC#CCCN(CCC#CCC)C(C)C(=O)OCC.Fc1ccccc1-c1ccccc1. The van der Waals surface area contributed by atoms with E-state index in [9.17, 15) is 9.18 Å². The van der Waals surface area contributed by atoms with Gasteiger partial charge in [-0.25, -0.2) is 4.39 Å². The molecule has 0 radical (unpaired) electrons. The Hall–Kier alpha value is -3.08. The van der Waals surface area contributed by atoms with Crippen molar-refractivity contribution in [1.82, 2.24) is 4.90 Å². The summed E-state index contributed by atoms with van der Waals surface area (Å²) in [6, 6.07) is 16.1. The van der Waals surface area contributed by atoms with Crippen LogP contribution in [0.2, 0.25) is 0 Å². The average molecular weight is 450 g/mol. The zero-order valence-electron chi connectivity index (χ0n) is 20.4. The highest BCUT2D eigenvalue weighted by Crippen LogP contribution is 2.21. The van der Waals surface area contributed by atoms with Crippen molar-refractivity contribution in [1.29, 1.82) is 0 Å². The largest absolute Gasteiger partial charge is 0.465 e. The van der Waals surface area contributed by atoms with Gasteiger partial charge in [0.2, 0.25) is 0 Å². The second-order valence-electron chi connectivity index (χ2n) is 7.22. The molecule has 2 aromatic carbocycles. The lowest BCUT2D eigenvalue weighted by molar-refractivity contribution is -0.148. The van der Waals surface area contributed by atoms with Crippen LogP contribution in [0.15, 0.2) is 54.6 Å². The van der Waals surface area contributed by atoms with E-state index < -0.39 is 0 Å². The van der Waals surface area contributed by atoms with E-state index in [1.807, 2.05) is 64.1 Å². The summed E-state index contributed by atoms with van der Waals surface area (Å²) in [5, 5.41) is 0. The van der Waals surface area contributed by atoms with Crippen molar-refractivity contribution in [2.45, 2.75) is 59.4 Å². The second kappa shape index (κ2) is 17.5. The van der Waals surface area contributed by atoms with Gasteiger partial charge in [0.25, 0.3) is 0 Å². The summed E-state index contributed by atoms with van der Waals surface area (Å²) in [5.41, 5.74) is 1.57. The molecule has 1 atom stereocenters. The minimum Gasteiger partial charge on any atom is -0.465 e. The van der Waals surface area contributed by atoms with E-state index in [0.29, 0.717) is 12.2 Å². The first kappa shape index (κ1) is 28.0. The Balaban J connectivity index is 0.000000357. The highest BCUT2D eigenvalue weighted by molar-refractivity contribution is 5.75. The van der Waals surface area contributed by atoms with Gasteiger partial charge < -0.3 is 4.74 Å². The molecule has 0 fully saturated rings. The summed E-state index contributed by atoms with van der Waals surface area (Å²) in [5.74, 6) is 12.0. The lowest BCUT2D eigenvalue weighted by Gasteiger charge is -2.26. The van der Waals surface area contributed by atoms with Crippen LogP contribution in [0.3, 0.4) is 0 Å². The monoisotopic (exact) mass is 449 g/mol. The van der Waals surface area contributed by atoms with Crippen molar-refractivity contribution in [3.63, 3.8) is 0 Å². The van der Waals surface area contributed by atoms with Gasteiger partial charge in [0, 0.05) is 44.3 Å². The first-order valence-corrected chi connectivity index (χ1v) is 11.7. The third-order valence-corrected chi connectivity index (χ3v) is 4.79. The Kier molecular flexibility index (Phi) is 14.8. The van der Waals surface area contributed by atoms with Gasteiger partial charge >= 0.3 is 5.97 Å². The number of ether oxygens (including phenoxy) is 1. The molecule has 0 amide bonds. The minimum absolute atomic E-state index is 0.167. The van der Waals surface area contributed by atoms with E-state index >= 15 is 0 Å². The maximum Gasteiger partial charge on any atom is 0.323 e. The topological polar surface area (TPSA) is 29.5 Å². The van der Waals surface area contributed by atoms with E-state index in [0.717, 1.165) is 44.3 Å². The van der Waals surface area contributed by atoms with Crippen molar-refractivity contribution < 1.29 is 13.9 Å². The molecule has 3 nitrogen and oxygen atoms in total. The van der Waals surface area contributed by atoms with Gasteiger partial charge in [0.15, 0.2) is 0 Å². The Morgan fingerprint density at radius 2 is 1.42 bits per heavy atom. The number of carbonyl (C=O) groups excluding carboxylic acids is 1. The standard InChI is InChI=1S/C17H27NO2.C12H9F/c1-5-8-10-12-14-18(15-13-11-9-6-2)16(4)17(19)20-7-3;13-12-9-5-4-8-11(12)10-6-2-1-3-7-10/h16H,5-7,12-15H2,1-4H3;1-9H. The predicted octanol–water partition coefficient (Wildman–Crippen LogP) is 6.34. The summed E-state index contributed by atoms with van der Waals surface area (Å²) in [4.78, 5) is 13.9. The maximum atomic E-state index is 13.3. The molecular weight excluding hydrogens is 413 g/mol. The van der Waals surface area contributed by atoms with Crippen molar-refractivity contribution >= 4 is 5.97 Å². The molecule has 0 bridgehead atoms. The van der Waals surface area contributed by atoms with E-state index in [1.165, 1.54) is 6.07 Å². The zero-order chi connectivity index (χ0) is 24.3. The molecule has 0 heterocycles. The molecule has 0 aliphatic heterocycles. The van der Waals surface area contributed by atoms with Crippen molar-refractivity contribution in [2.75, 3.05) is 19.7 Å². The molecule has 0 spiro atoms. The molecule has 176 valence electrons. The third kappa shape index (κ3) is 11.4. The first-order valence-electron chi connectivity index (χ1n) is 11.7. The van der Waals surface area contributed by atoms with E-state index in [2.05, 4.69) is 28.6 Å². The summed E-state index contributed by atoms with van der Waals surface area (Å²) in [6.45, 7) is 9.76. The Bertz CT molecular complexity index is 909. The number of halogens is 1. The summed E-state index contributed by atoms with van der Waals surface area (Å²) in [7, 11) is 0. The summed E-state index contributed by atoms with van der Waals surface area (Å²) in [6.07, 6.45) is 3.29. The van der Waals surface area contributed by atoms with E-state index in [-0.39, 0.29) is 17.8 Å². The molecule has 0 aliphatic rings. The lowest BCUT2D eigenvalue weighted by atomic mass is 10.1. The molecule has 0 N–H and O–H groups in total. The van der Waals surface area contributed by atoms with E-state index in [1.54, 1.807) is 12.1 Å². The van der Waals surface area contributed by atoms with Crippen LogP contribution in [0.5, 0.6) is 0 Å². The van der Waals surface area contributed by atoms with Crippen LogP contribution in [0.1, 0.15) is 53.4 Å². The average Bonchev–Trinajstić information content (AvgIpc) is 2.84. The van der Waals surface area contributed by atoms with Crippen molar-refractivity contribution in [3.05, 3.63) is 60.4 Å². The molecule has 2 aromatic rings. The lowest BCUT2D eigenvalue weighted by Crippen LogP contribution is -2.41. The van der Waals surface area contributed by atoms with Crippen LogP contribution in [0.25, 0.3) is 11.1 Å². The van der Waals surface area contributed by atoms with Crippen LogP contribution in [0.4, 0.5) is 4.39 Å². The molecule has 4 heteroatoms. The van der Waals surface area contributed by atoms with Gasteiger partial charge in [-0.3, -0.25) is 9.69 Å². The minimum atomic E-state index is -0.234. The second-order valence-corrected chi connectivity index (χ2v) is 7.22. The Morgan fingerprint density at radius 1 is 0.879 bits per heavy atom. The molecule has 0 aromatic heterocycles. The van der Waals surface area contributed by atoms with Crippen LogP contribution >= 0.6 is 0 Å². The molecule has 0 aliphatic carbocycles. The fourth-order valence-corrected chi connectivity index (χ4v) is 3.05. The van der Waals surface area contributed by atoms with Gasteiger partial charge in [-0.2, -0.15) is 0 Å². The van der Waals surface area contributed by atoms with E-state index in [4.69, 9.17) is 4.74 Å². The fraction of sp³-hybridized carbons (Fsp3) is 0.414. The highest BCUT2D eigenvalue weighted by atomic mass is 19.1. The van der Waals surface area contributed by atoms with Gasteiger partial charge in [-0.15, -0.1) is 23.7 Å². The Labute approximate surface area is 199 Å². The van der Waals surface area contributed by atoms with Crippen LogP contribution in [-0.4, -0.2) is 36.6 Å². The summed E-state index contributed by atoms with van der Waals surface area (Å²) >= 11 is 0. The van der Waals surface area contributed by atoms with Crippen molar-refractivity contribution in [3.8, 4) is 34.8 Å². The molecule has 0 saturated heterocycles. The number of nitrogens with zero attached hydrogens (tertiary/aromatic N) is 1. The molecular formula is C29H36FNO2. The predicted molar refractivity (Wildman–Crippen MR) is 135 cm³/mol. The maximum absolute atomic E-state index is 13.3. The molecule has 33 heavy (non-hydrogen) atoms. The molecule has 0 saturated carbocycles. The fourth-order valence-electron chi connectivity index (χ4n) is 3.05. The quantitative estimate of drug-likeness (QED) is 0.348. The van der Waals surface area contributed by atoms with Gasteiger partial charge in [0.05, 0.1) is 6.61 Å². The summed E-state index contributed by atoms with van der Waals surface area (Å²) < 4.78 is 18.4. The number of benzene rings is 2. The number of hydrogen-bond donors (Lipinski definition) is 0. The van der Waals surface area contributed by atoms with Gasteiger partial charge in [0.1, 0.15) is 11.9 Å². The molecule has 2 rings (SSSR count). The smallest absolute Gasteiger partial charge is 0.323 e.